The van der Waals surface area contributed by atoms with Gasteiger partial charge in [-0.15, -0.1) is 0 Å². The van der Waals surface area contributed by atoms with Crippen molar-refractivity contribution in [2.45, 2.75) is 38.5 Å². The summed E-state index contributed by atoms with van der Waals surface area (Å²) in [5, 5.41) is 11.7. The smallest absolute Gasteiger partial charge is 0.414 e. The molecule has 0 saturated carbocycles. The van der Waals surface area contributed by atoms with Crippen LogP contribution < -0.4 is 19.1 Å². The Hall–Kier alpha value is -4.28. The molecule has 2 aliphatic heterocycles. The molecule has 44 heavy (non-hydrogen) atoms. The summed E-state index contributed by atoms with van der Waals surface area (Å²) in [6.07, 6.45) is 3.84. The van der Waals surface area contributed by atoms with Crippen molar-refractivity contribution in [2.75, 3.05) is 44.3 Å². The number of rotatable bonds is 12. The number of imidazole rings is 1. The van der Waals surface area contributed by atoms with Crippen molar-refractivity contribution in [3.05, 3.63) is 105 Å². The van der Waals surface area contributed by atoms with E-state index in [1.54, 1.807) is 4.57 Å². The van der Waals surface area contributed by atoms with E-state index in [0.29, 0.717) is 26.2 Å². The van der Waals surface area contributed by atoms with Crippen LogP contribution in [0.4, 0.5) is 11.5 Å². The number of halogens is 1. The topological polar surface area (TPSA) is 95.1 Å². The van der Waals surface area contributed by atoms with Crippen LogP contribution in [0, 0.1) is 10.1 Å². The monoisotopic (exact) mass is 617 g/mol. The second kappa shape index (κ2) is 14.0. The van der Waals surface area contributed by atoms with Gasteiger partial charge in [0.1, 0.15) is 30.4 Å². The minimum atomic E-state index is -0.510. The summed E-state index contributed by atoms with van der Waals surface area (Å²) in [5.74, 6) is 1.48. The summed E-state index contributed by atoms with van der Waals surface area (Å²) in [7, 11) is 0. The van der Waals surface area contributed by atoms with Gasteiger partial charge in [0.15, 0.2) is 0 Å². The molecule has 2 aliphatic rings. The zero-order chi connectivity index (χ0) is 30.3. The van der Waals surface area contributed by atoms with Gasteiger partial charge < -0.3 is 29.2 Å². The lowest BCUT2D eigenvalue weighted by Gasteiger charge is -2.36. The number of fused-ring (bicyclic) bond motifs is 1. The van der Waals surface area contributed by atoms with Crippen LogP contribution in [0.15, 0.2) is 79.0 Å². The van der Waals surface area contributed by atoms with Gasteiger partial charge in [0, 0.05) is 61.4 Å². The van der Waals surface area contributed by atoms with Crippen molar-refractivity contribution in [3.63, 3.8) is 0 Å². The first-order valence-corrected chi connectivity index (χ1v) is 15.4. The first kappa shape index (κ1) is 29.8. The molecule has 230 valence electrons. The molecule has 0 bridgehead atoms. The number of anilines is 1. The minimum Gasteiger partial charge on any atom is -0.494 e. The van der Waals surface area contributed by atoms with Crippen molar-refractivity contribution >= 4 is 23.1 Å². The maximum Gasteiger partial charge on any atom is 0.414 e. The van der Waals surface area contributed by atoms with Gasteiger partial charge in [0.05, 0.1) is 6.61 Å². The molecular formula is C33H36ClN5O5. The molecule has 6 rings (SSSR count). The Labute approximate surface area is 261 Å². The van der Waals surface area contributed by atoms with Crippen molar-refractivity contribution < 1.29 is 19.1 Å². The quantitative estimate of drug-likeness (QED) is 0.108. The second-order valence-electron chi connectivity index (χ2n) is 11.2. The van der Waals surface area contributed by atoms with E-state index in [9.17, 15) is 10.1 Å². The molecule has 0 aliphatic carbocycles. The van der Waals surface area contributed by atoms with Crippen LogP contribution in [0.2, 0.25) is 5.02 Å². The lowest BCUT2D eigenvalue weighted by Crippen LogP contribution is -2.45. The normalized spacial score (nSPS) is 16.7. The molecule has 1 unspecified atom stereocenters. The predicted octanol–water partition coefficient (Wildman–Crippen LogP) is 6.01. The van der Waals surface area contributed by atoms with Crippen LogP contribution in [0.3, 0.4) is 0 Å². The highest BCUT2D eigenvalue weighted by atomic mass is 35.5. The Kier molecular flexibility index (Phi) is 9.48. The molecule has 10 nitrogen and oxygen atoms in total. The van der Waals surface area contributed by atoms with E-state index in [-0.39, 0.29) is 17.9 Å². The van der Waals surface area contributed by atoms with E-state index in [4.69, 9.17) is 25.8 Å². The molecular weight excluding hydrogens is 582 g/mol. The van der Waals surface area contributed by atoms with E-state index in [0.717, 1.165) is 62.1 Å². The van der Waals surface area contributed by atoms with Crippen molar-refractivity contribution in [1.82, 2.24) is 14.5 Å². The minimum absolute atomic E-state index is 0.199. The molecule has 0 N–H and O–H groups in total. The van der Waals surface area contributed by atoms with Crippen LogP contribution in [0.1, 0.15) is 24.0 Å². The Morgan fingerprint density at radius 3 is 2.30 bits per heavy atom. The summed E-state index contributed by atoms with van der Waals surface area (Å²) in [5.41, 5.74) is 3.74. The highest BCUT2D eigenvalue weighted by Crippen LogP contribution is 2.26. The standard InChI is InChI=1S/C33H36ClN5O5/c34-27-7-3-25(4-8-27)2-1-21-42-29-11-5-26(6-12-29)22-36-17-19-37(20-18-36)28-9-13-30(14-10-28)43-24-31-15-16-38-23-32(39(40)41)35-33(38)44-31/h3-14,23,31H,1-2,15-22,24H2. The highest BCUT2D eigenvalue weighted by molar-refractivity contribution is 6.30. The summed E-state index contributed by atoms with van der Waals surface area (Å²) in [6, 6.07) is 24.9. The number of nitrogens with zero attached hydrogens (tertiary/aromatic N) is 5. The van der Waals surface area contributed by atoms with Gasteiger partial charge in [-0.1, -0.05) is 35.9 Å². The Balaban J connectivity index is 0.891. The van der Waals surface area contributed by atoms with Crippen molar-refractivity contribution in [2.24, 2.45) is 0 Å². The lowest BCUT2D eigenvalue weighted by molar-refractivity contribution is -0.389. The van der Waals surface area contributed by atoms with Crippen LogP contribution in [0.5, 0.6) is 17.5 Å². The van der Waals surface area contributed by atoms with Crippen LogP contribution in [0.25, 0.3) is 0 Å². The first-order valence-electron chi connectivity index (χ1n) is 15.0. The zero-order valence-corrected chi connectivity index (χ0v) is 25.3. The third-order valence-corrected chi connectivity index (χ3v) is 8.26. The van der Waals surface area contributed by atoms with Gasteiger partial charge in [-0.25, -0.2) is 0 Å². The largest absolute Gasteiger partial charge is 0.494 e. The molecule has 11 heteroatoms. The fourth-order valence-corrected chi connectivity index (χ4v) is 5.64. The van der Waals surface area contributed by atoms with Gasteiger partial charge >= 0.3 is 11.8 Å². The molecule has 0 spiro atoms. The Morgan fingerprint density at radius 2 is 1.57 bits per heavy atom. The molecule has 0 radical (unpaired) electrons. The molecule has 1 aromatic heterocycles. The van der Waals surface area contributed by atoms with Gasteiger partial charge in [0.2, 0.25) is 0 Å². The average Bonchev–Trinajstić information content (AvgIpc) is 3.49. The van der Waals surface area contributed by atoms with E-state index < -0.39 is 4.92 Å². The predicted molar refractivity (Wildman–Crippen MR) is 169 cm³/mol. The van der Waals surface area contributed by atoms with Gasteiger partial charge in [-0.3, -0.25) is 9.47 Å². The molecule has 3 aromatic carbocycles. The molecule has 4 aromatic rings. The fraction of sp³-hybridized carbons (Fsp3) is 0.364. The average molecular weight is 618 g/mol. The lowest BCUT2D eigenvalue weighted by atomic mass is 10.1. The number of aromatic nitrogens is 2. The SMILES string of the molecule is O=[N+]([O-])c1cn2c(n1)OC(COc1ccc(N3CCN(Cc4ccc(OCCCc5ccc(Cl)cc5)cc4)CC3)cc1)CC2. The molecule has 0 amide bonds. The van der Waals surface area contributed by atoms with E-state index in [2.05, 4.69) is 63.3 Å². The number of aryl methyl sites for hydroxylation is 2. The number of benzene rings is 3. The van der Waals surface area contributed by atoms with E-state index >= 15 is 0 Å². The summed E-state index contributed by atoms with van der Waals surface area (Å²) in [4.78, 5) is 19.3. The fourth-order valence-electron chi connectivity index (χ4n) is 5.51. The van der Waals surface area contributed by atoms with Gasteiger partial charge in [-0.05, 0) is 77.4 Å². The molecule has 1 saturated heterocycles. The Morgan fingerprint density at radius 1 is 0.886 bits per heavy atom. The Bertz CT molecular complexity index is 1520. The van der Waals surface area contributed by atoms with Gasteiger partial charge in [0.25, 0.3) is 0 Å². The van der Waals surface area contributed by atoms with Crippen molar-refractivity contribution in [1.29, 1.82) is 0 Å². The number of piperazine rings is 1. The molecule has 1 atom stereocenters. The van der Waals surface area contributed by atoms with Crippen LogP contribution >= 0.6 is 11.6 Å². The number of hydrogen-bond donors (Lipinski definition) is 0. The van der Waals surface area contributed by atoms with Crippen LogP contribution in [-0.4, -0.2) is 64.9 Å². The maximum absolute atomic E-state index is 11.0. The van der Waals surface area contributed by atoms with Crippen molar-refractivity contribution in [3.8, 4) is 17.5 Å². The third kappa shape index (κ3) is 7.81. The number of hydrogen-bond acceptors (Lipinski definition) is 8. The maximum atomic E-state index is 11.0. The van der Waals surface area contributed by atoms with E-state index in [1.165, 1.54) is 23.0 Å². The molecule has 3 heterocycles. The first-order chi connectivity index (χ1) is 21.5. The summed E-state index contributed by atoms with van der Waals surface area (Å²) < 4.78 is 19.4. The summed E-state index contributed by atoms with van der Waals surface area (Å²) >= 11 is 5.96. The van der Waals surface area contributed by atoms with E-state index in [1.807, 2.05) is 24.3 Å². The van der Waals surface area contributed by atoms with Crippen LogP contribution in [-0.2, 0) is 19.5 Å². The third-order valence-electron chi connectivity index (χ3n) is 8.01. The highest BCUT2D eigenvalue weighted by Gasteiger charge is 2.28. The number of nitro groups is 1. The van der Waals surface area contributed by atoms with Gasteiger partial charge in [-0.2, -0.15) is 0 Å². The second-order valence-corrected chi connectivity index (χ2v) is 11.6. The molecule has 1 fully saturated rings. The summed E-state index contributed by atoms with van der Waals surface area (Å²) in [6.45, 7) is 6.49. The zero-order valence-electron chi connectivity index (χ0n) is 24.5. The number of ether oxygens (including phenoxy) is 3.